The minimum atomic E-state index is -1.48. The van der Waals surface area contributed by atoms with Gasteiger partial charge in [0.15, 0.2) is 0 Å². The number of halogens is 1. The largest absolute Gasteiger partial charge is 0.494 e. The van der Waals surface area contributed by atoms with E-state index in [-0.39, 0.29) is 19.8 Å². The van der Waals surface area contributed by atoms with Crippen LogP contribution >= 0.6 is 11.6 Å². The fourth-order valence-corrected chi connectivity index (χ4v) is 6.15. The van der Waals surface area contributed by atoms with Gasteiger partial charge in [-0.2, -0.15) is 0 Å². The molecule has 0 aromatic heterocycles. The first-order chi connectivity index (χ1) is 21.5. The van der Waals surface area contributed by atoms with E-state index in [0.29, 0.717) is 23.6 Å². The van der Waals surface area contributed by atoms with Crippen LogP contribution in [0.1, 0.15) is 34.7 Å². The average Bonchev–Trinajstić information content (AvgIpc) is 3.43. The van der Waals surface area contributed by atoms with Gasteiger partial charge < -0.3 is 33.9 Å². The summed E-state index contributed by atoms with van der Waals surface area (Å²) in [4.78, 5) is 0. The van der Waals surface area contributed by atoms with E-state index in [9.17, 15) is 10.2 Å². The second kappa shape index (κ2) is 13.4. The number of hydrogen-bond acceptors (Lipinski definition) is 7. The molecule has 0 amide bonds. The molecule has 2 N–H and O–H groups in total. The summed E-state index contributed by atoms with van der Waals surface area (Å²) in [5.74, 6) is -0.667. The van der Waals surface area contributed by atoms with E-state index in [0.717, 1.165) is 28.0 Å². The van der Waals surface area contributed by atoms with Gasteiger partial charge in [-0.25, -0.2) is 0 Å². The fraction of sp³-hybridized carbons (Fsp3) is 0.333. The van der Waals surface area contributed by atoms with Crippen LogP contribution in [0.5, 0.6) is 5.75 Å². The summed E-state index contributed by atoms with van der Waals surface area (Å²) in [6, 6.07) is 33.0. The van der Waals surface area contributed by atoms with Gasteiger partial charge in [0.2, 0.25) is 5.79 Å². The lowest BCUT2D eigenvalue weighted by Gasteiger charge is -2.49. The number of benzene rings is 4. The van der Waals surface area contributed by atoms with Crippen LogP contribution in [0.4, 0.5) is 0 Å². The van der Waals surface area contributed by atoms with Gasteiger partial charge in [0.1, 0.15) is 29.7 Å². The monoisotopic (exact) mass is 616 g/mol. The van der Waals surface area contributed by atoms with Crippen molar-refractivity contribution in [1.82, 2.24) is 0 Å². The van der Waals surface area contributed by atoms with Crippen molar-refractivity contribution in [3.63, 3.8) is 0 Å². The smallest absolute Gasteiger partial charge is 0.225 e. The zero-order chi connectivity index (χ0) is 30.6. The van der Waals surface area contributed by atoms with Crippen molar-refractivity contribution in [1.29, 1.82) is 0 Å². The van der Waals surface area contributed by atoms with Crippen molar-refractivity contribution in [3.05, 3.63) is 136 Å². The summed E-state index contributed by atoms with van der Waals surface area (Å²) in [6.45, 7) is 2.52. The molecule has 4 aromatic rings. The van der Waals surface area contributed by atoms with Gasteiger partial charge in [-0.3, -0.25) is 0 Å². The number of aliphatic hydroxyl groups excluding tert-OH is 2. The highest BCUT2D eigenvalue weighted by Crippen LogP contribution is 2.52. The molecule has 44 heavy (non-hydrogen) atoms. The number of aliphatic hydroxyl groups is 2. The molecule has 3 unspecified atom stereocenters. The molecule has 0 spiro atoms. The summed E-state index contributed by atoms with van der Waals surface area (Å²) >= 11 is 6.72. The predicted molar refractivity (Wildman–Crippen MR) is 166 cm³/mol. The molecule has 6 rings (SSSR count). The second-order valence-electron chi connectivity index (χ2n) is 11.3. The zero-order valence-corrected chi connectivity index (χ0v) is 25.4. The molecule has 2 fully saturated rings. The molecule has 2 heterocycles. The highest BCUT2D eigenvalue weighted by atomic mass is 35.5. The number of rotatable bonds is 12. The van der Waals surface area contributed by atoms with Crippen molar-refractivity contribution in [2.24, 2.45) is 0 Å². The summed E-state index contributed by atoms with van der Waals surface area (Å²) in [7, 11) is 0. The van der Waals surface area contributed by atoms with E-state index >= 15 is 0 Å². The Hall–Kier alpha value is -3.27. The molecular weight excluding hydrogens is 580 g/mol. The Morgan fingerprint density at radius 1 is 0.841 bits per heavy atom. The standard InChI is InChI=1S/C36H37ClO7/c1-2-40-30-16-13-25(14-17-30)19-28-20-29(15-18-31(28)37)36-34(42-22-27-11-7-4-8-12-27)32(41-21-26-9-5-3-6-10-26)33(39)35(23-38,44-36)24-43-36/h3-18,20,32-34,38-39H,2,19,21-24H2,1H3/t32-,33-,34?,35?,36?/m0/s1. The van der Waals surface area contributed by atoms with Crippen LogP contribution in [0.15, 0.2) is 103 Å². The van der Waals surface area contributed by atoms with E-state index in [1.54, 1.807) is 0 Å². The fourth-order valence-electron chi connectivity index (χ4n) is 5.96. The molecule has 2 aliphatic heterocycles. The maximum absolute atomic E-state index is 11.7. The zero-order valence-electron chi connectivity index (χ0n) is 24.6. The Bertz CT molecular complexity index is 1520. The van der Waals surface area contributed by atoms with Gasteiger partial charge in [-0.1, -0.05) is 90.5 Å². The van der Waals surface area contributed by atoms with Crippen molar-refractivity contribution < 1.29 is 33.9 Å². The number of fused-ring (bicyclic) bond motifs is 2. The molecule has 8 heteroatoms. The van der Waals surface area contributed by atoms with Crippen LogP contribution < -0.4 is 4.74 Å². The topological polar surface area (TPSA) is 86.6 Å². The summed E-state index contributed by atoms with van der Waals surface area (Å²) < 4.78 is 31.7. The third-order valence-electron chi connectivity index (χ3n) is 8.31. The molecule has 0 aliphatic carbocycles. The van der Waals surface area contributed by atoms with Gasteiger partial charge in [-0.05, 0) is 59.9 Å². The SMILES string of the molecule is CCOc1ccc(Cc2cc(C34OCC(CO)(O3)[C@@H](O)[C@H](OCc3ccccc3)C4OCc3ccccc3)ccc2Cl)cc1. The van der Waals surface area contributed by atoms with Gasteiger partial charge in [0.05, 0.1) is 33.0 Å². The van der Waals surface area contributed by atoms with Gasteiger partial charge in [0, 0.05) is 10.6 Å². The first kappa shape index (κ1) is 30.7. The number of ether oxygens (including phenoxy) is 5. The Morgan fingerprint density at radius 3 is 2.14 bits per heavy atom. The maximum atomic E-state index is 11.7. The Labute approximate surface area is 262 Å². The van der Waals surface area contributed by atoms with Crippen LogP contribution in [0, 0.1) is 0 Å². The maximum Gasteiger partial charge on any atom is 0.225 e. The van der Waals surface area contributed by atoms with Crippen molar-refractivity contribution >= 4 is 11.6 Å². The molecule has 230 valence electrons. The van der Waals surface area contributed by atoms with Crippen LogP contribution in [0.3, 0.4) is 0 Å². The van der Waals surface area contributed by atoms with Gasteiger partial charge in [0.25, 0.3) is 0 Å². The molecule has 2 aliphatic rings. The minimum absolute atomic E-state index is 0.0437. The molecular formula is C36H37ClO7. The molecule has 0 radical (unpaired) electrons. The lowest BCUT2D eigenvalue weighted by Crippen LogP contribution is -2.66. The van der Waals surface area contributed by atoms with Gasteiger partial charge in [-0.15, -0.1) is 0 Å². The molecule has 0 saturated carbocycles. The van der Waals surface area contributed by atoms with Crippen LogP contribution in [-0.4, -0.2) is 53.9 Å². The highest BCUT2D eigenvalue weighted by molar-refractivity contribution is 6.31. The van der Waals surface area contributed by atoms with E-state index in [1.807, 2.05) is 110 Å². The van der Waals surface area contributed by atoms with Crippen molar-refractivity contribution in [2.75, 3.05) is 19.8 Å². The van der Waals surface area contributed by atoms with Gasteiger partial charge >= 0.3 is 0 Å². The Balaban J connectivity index is 1.37. The van der Waals surface area contributed by atoms with Crippen LogP contribution in [-0.2, 0) is 44.4 Å². The molecule has 2 saturated heterocycles. The minimum Gasteiger partial charge on any atom is -0.494 e. The second-order valence-corrected chi connectivity index (χ2v) is 11.7. The number of hydrogen-bond donors (Lipinski definition) is 2. The normalized spacial score (nSPS) is 26.0. The highest BCUT2D eigenvalue weighted by Gasteiger charge is 2.68. The lowest BCUT2D eigenvalue weighted by atomic mass is 9.83. The van der Waals surface area contributed by atoms with E-state index in [2.05, 4.69) is 0 Å². The van der Waals surface area contributed by atoms with Crippen molar-refractivity contribution in [2.45, 2.75) is 56.3 Å². The Kier molecular flexibility index (Phi) is 9.35. The van der Waals surface area contributed by atoms with Crippen LogP contribution in [0.2, 0.25) is 5.02 Å². The lowest BCUT2D eigenvalue weighted by molar-refractivity contribution is -0.347. The first-order valence-corrected chi connectivity index (χ1v) is 15.3. The summed E-state index contributed by atoms with van der Waals surface area (Å²) in [5.41, 5.74) is 3.08. The average molecular weight is 617 g/mol. The molecule has 7 nitrogen and oxygen atoms in total. The quantitative estimate of drug-likeness (QED) is 0.208. The van der Waals surface area contributed by atoms with E-state index in [1.165, 1.54) is 0 Å². The first-order valence-electron chi connectivity index (χ1n) is 14.9. The Morgan fingerprint density at radius 2 is 1.50 bits per heavy atom. The summed E-state index contributed by atoms with van der Waals surface area (Å²) in [5, 5.41) is 22.8. The van der Waals surface area contributed by atoms with E-state index < -0.39 is 36.3 Å². The molecule has 2 bridgehead atoms. The predicted octanol–water partition coefficient (Wildman–Crippen LogP) is 5.81. The summed E-state index contributed by atoms with van der Waals surface area (Å²) in [6.07, 6.45) is -2.43. The third-order valence-corrected chi connectivity index (χ3v) is 8.68. The third kappa shape index (κ3) is 6.14. The van der Waals surface area contributed by atoms with Crippen LogP contribution in [0.25, 0.3) is 0 Å². The van der Waals surface area contributed by atoms with Crippen molar-refractivity contribution in [3.8, 4) is 5.75 Å². The van der Waals surface area contributed by atoms with E-state index in [4.69, 9.17) is 35.3 Å². The molecule has 5 atom stereocenters. The molecule has 4 aromatic carbocycles.